The number of hydrogen-bond donors (Lipinski definition) is 1. The van der Waals surface area contributed by atoms with Gasteiger partial charge in [-0.05, 0) is 19.4 Å². The molecule has 1 aromatic carbocycles. The molecule has 0 aliphatic rings. The standard InChI is InChI=1S/C14H18N4O2/c1-3-4-5-10(2)17-14-12-8-11(18(19)20)6-7-13(12)15-9-16-14/h6-10H,3-5H2,1-2H3,(H,15,16,17). The van der Waals surface area contributed by atoms with Gasteiger partial charge in [0.25, 0.3) is 5.69 Å². The summed E-state index contributed by atoms with van der Waals surface area (Å²) in [5.74, 6) is 0.655. The van der Waals surface area contributed by atoms with E-state index in [1.807, 2.05) is 0 Å². The molecule has 1 atom stereocenters. The first-order valence-electron chi connectivity index (χ1n) is 6.77. The van der Waals surface area contributed by atoms with E-state index in [9.17, 15) is 10.1 Å². The van der Waals surface area contributed by atoms with Crippen molar-refractivity contribution >= 4 is 22.4 Å². The fraction of sp³-hybridized carbons (Fsp3) is 0.429. The molecule has 0 saturated carbocycles. The van der Waals surface area contributed by atoms with E-state index in [1.54, 1.807) is 6.07 Å². The molecule has 20 heavy (non-hydrogen) atoms. The summed E-state index contributed by atoms with van der Waals surface area (Å²) in [5.41, 5.74) is 0.757. The summed E-state index contributed by atoms with van der Waals surface area (Å²) in [6.07, 6.45) is 4.79. The predicted molar refractivity (Wildman–Crippen MR) is 78.8 cm³/mol. The van der Waals surface area contributed by atoms with Gasteiger partial charge in [-0.15, -0.1) is 0 Å². The molecule has 2 aromatic rings. The second kappa shape index (κ2) is 6.27. The normalized spacial score (nSPS) is 12.3. The van der Waals surface area contributed by atoms with Crippen molar-refractivity contribution in [3.63, 3.8) is 0 Å². The highest BCUT2D eigenvalue weighted by Crippen LogP contribution is 2.25. The van der Waals surface area contributed by atoms with Gasteiger partial charge in [0.15, 0.2) is 0 Å². The van der Waals surface area contributed by atoms with Gasteiger partial charge in [0.1, 0.15) is 12.1 Å². The van der Waals surface area contributed by atoms with Crippen LogP contribution in [0, 0.1) is 10.1 Å². The van der Waals surface area contributed by atoms with Crippen LogP contribution in [0.25, 0.3) is 10.9 Å². The number of nitro groups is 1. The summed E-state index contributed by atoms with van der Waals surface area (Å²) >= 11 is 0. The van der Waals surface area contributed by atoms with Crippen molar-refractivity contribution < 1.29 is 4.92 Å². The molecule has 0 spiro atoms. The number of benzene rings is 1. The van der Waals surface area contributed by atoms with E-state index in [2.05, 4.69) is 29.1 Å². The number of non-ortho nitro benzene ring substituents is 1. The van der Waals surface area contributed by atoms with E-state index in [4.69, 9.17) is 0 Å². The topological polar surface area (TPSA) is 81.0 Å². The van der Waals surface area contributed by atoms with Gasteiger partial charge in [-0.2, -0.15) is 0 Å². The number of unbranched alkanes of at least 4 members (excludes halogenated alkanes) is 1. The highest BCUT2D eigenvalue weighted by Gasteiger charge is 2.12. The third kappa shape index (κ3) is 3.20. The Morgan fingerprint density at radius 3 is 2.90 bits per heavy atom. The lowest BCUT2D eigenvalue weighted by Crippen LogP contribution is -2.16. The minimum absolute atomic E-state index is 0.0524. The zero-order chi connectivity index (χ0) is 14.5. The first-order valence-corrected chi connectivity index (χ1v) is 6.77. The number of hydrogen-bond acceptors (Lipinski definition) is 5. The van der Waals surface area contributed by atoms with Gasteiger partial charge in [-0.3, -0.25) is 10.1 Å². The van der Waals surface area contributed by atoms with Crippen LogP contribution < -0.4 is 5.32 Å². The van der Waals surface area contributed by atoms with Crippen molar-refractivity contribution in [2.45, 2.75) is 39.2 Å². The molecule has 1 N–H and O–H groups in total. The average molecular weight is 274 g/mol. The molecule has 2 rings (SSSR count). The smallest absolute Gasteiger partial charge is 0.270 e. The van der Waals surface area contributed by atoms with Crippen molar-refractivity contribution in [2.24, 2.45) is 0 Å². The van der Waals surface area contributed by atoms with Crippen molar-refractivity contribution in [3.05, 3.63) is 34.6 Å². The molecule has 1 unspecified atom stereocenters. The van der Waals surface area contributed by atoms with Crippen LogP contribution in [-0.2, 0) is 0 Å². The van der Waals surface area contributed by atoms with Gasteiger partial charge in [0.05, 0.1) is 10.4 Å². The van der Waals surface area contributed by atoms with E-state index in [0.29, 0.717) is 16.7 Å². The minimum atomic E-state index is -0.406. The van der Waals surface area contributed by atoms with Crippen molar-refractivity contribution in [1.29, 1.82) is 0 Å². The maximum atomic E-state index is 10.9. The van der Waals surface area contributed by atoms with E-state index in [1.165, 1.54) is 18.5 Å². The predicted octanol–water partition coefficient (Wildman–Crippen LogP) is 3.53. The van der Waals surface area contributed by atoms with Crippen LogP contribution in [0.1, 0.15) is 33.1 Å². The lowest BCUT2D eigenvalue weighted by molar-refractivity contribution is -0.384. The Balaban J connectivity index is 2.32. The number of nitro benzene ring substituents is 1. The first-order chi connectivity index (χ1) is 9.61. The summed E-state index contributed by atoms with van der Waals surface area (Å²) in [7, 11) is 0. The fourth-order valence-corrected chi connectivity index (χ4v) is 2.09. The zero-order valence-electron chi connectivity index (χ0n) is 11.7. The van der Waals surface area contributed by atoms with E-state index >= 15 is 0 Å². The van der Waals surface area contributed by atoms with Crippen LogP contribution in [0.5, 0.6) is 0 Å². The molecule has 6 heteroatoms. The molecule has 0 bridgehead atoms. The molecule has 0 aliphatic carbocycles. The fourth-order valence-electron chi connectivity index (χ4n) is 2.09. The second-order valence-electron chi connectivity index (χ2n) is 4.87. The first kappa shape index (κ1) is 14.2. The average Bonchev–Trinajstić information content (AvgIpc) is 2.45. The molecule has 0 aliphatic heterocycles. The van der Waals surface area contributed by atoms with Gasteiger partial charge >= 0.3 is 0 Å². The molecule has 1 aromatic heterocycles. The maximum absolute atomic E-state index is 10.9. The van der Waals surface area contributed by atoms with Gasteiger partial charge < -0.3 is 5.32 Å². The van der Waals surface area contributed by atoms with E-state index < -0.39 is 4.92 Å². The number of nitrogens with one attached hydrogen (secondary N) is 1. The zero-order valence-corrected chi connectivity index (χ0v) is 11.7. The third-order valence-electron chi connectivity index (χ3n) is 3.20. The molecular formula is C14H18N4O2. The summed E-state index contributed by atoms with van der Waals surface area (Å²) in [6, 6.07) is 4.90. The Kier molecular flexibility index (Phi) is 4.45. The Morgan fingerprint density at radius 1 is 1.40 bits per heavy atom. The molecule has 0 fully saturated rings. The van der Waals surface area contributed by atoms with Crippen LogP contribution in [0.2, 0.25) is 0 Å². The van der Waals surface area contributed by atoms with Gasteiger partial charge in [-0.25, -0.2) is 9.97 Å². The lowest BCUT2D eigenvalue weighted by Gasteiger charge is -2.15. The number of nitrogens with zero attached hydrogens (tertiary/aromatic N) is 3. The summed E-state index contributed by atoms with van der Waals surface area (Å²) in [5, 5.41) is 14.9. The SMILES string of the molecule is CCCCC(C)Nc1ncnc2ccc([N+](=O)[O-])cc12. The number of aromatic nitrogens is 2. The molecule has 0 radical (unpaired) electrons. The van der Waals surface area contributed by atoms with Gasteiger partial charge in [0, 0.05) is 23.6 Å². The highest BCUT2D eigenvalue weighted by molar-refractivity contribution is 5.90. The van der Waals surface area contributed by atoms with Crippen LogP contribution in [0.4, 0.5) is 11.5 Å². The van der Waals surface area contributed by atoms with Gasteiger partial charge in [0.2, 0.25) is 0 Å². The van der Waals surface area contributed by atoms with Crippen molar-refractivity contribution in [2.75, 3.05) is 5.32 Å². The molecule has 1 heterocycles. The monoisotopic (exact) mass is 274 g/mol. The van der Waals surface area contributed by atoms with Crippen molar-refractivity contribution in [1.82, 2.24) is 9.97 Å². The van der Waals surface area contributed by atoms with E-state index in [-0.39, 0.29) is 11.7 Å². The number of fused-ring (bicyclic) bond motifs is 1. The molecular weight excluding hydrogens is 256 g/mol. The second-order valence-corrected chi connectivity index (χ2v) is 4.87. The largest absolute Gasteiger partial charge is 0.367 e. The molecule has 6 nitrogen and oxygen atoms in total. The quantitative estimate of drug-likeness (QED) is 0.643. The van der Waals surface area contributed by atoms with Gasteiger partial charge in [-0.1, -0.05) is 19.8 Å². The summed E-state index contributed by atoms with van der Waals surface area (Å²) < 4.78 is 0. The van der Waals surface area contributed by atoms with Crippen LogP contribution in [-0.4, -0.2) is 20.9 Å². The maximum Gasteiger partial charge on any atom is 0.270 e. The third-order valence-corrected chi connectivity index (χ3v) is 3.20. The Morgan fingerprint density at radius 2 is 2.20 bits per heavy atom. The lowest BCUT2D eigenvalue weighted by atomic mass is 10.1. The van der Waals surface area contributed by atoms with Crippen molar-refractivity contribution in [3.8, 4) is 0 Å². The Bertz CT molecular complexity index is 615. The molecule has 106 valence electrons. The summed E-state index contributed by atoms with van der Waals surface area (Å²) in [6.45, 7) is 4.23. The Hall–Kier alpha value is -2.24. The highest BCUT2D eigenvalue weighted by atomic mass is 16.6. The number of anilines is 1. The summed E-state index contributed by atoms with van der Waals surface area (Å²) in [4.78, 5) is 18.8. The van der Waals surface area contributed by atoms with Crippen LogP contribution >= 0.6 is 0 Å². The van der Waals surface area contributed by atoms with E-state index in [0.717, 1.165) is 19.3 Å². The molecule has 0 amide bonds. The molecule has 0 saturated heterocycles. The number of rotatable bonds is 6. The van der Waals surface area contributed by atoms with Crippen LogP contribution in [0.3, 0.4) is 0 Å². The minimum Gasteiger partial charge on any atom is -0.367 e. The van der Waals surface area contributed by atoms with Crippen LogP contribution in [0.15, 0.2) is 24.5 Å². The Labute approximate surface area is 117 Å².